The van der Waals surface area contributed by atoms with E-state index in [0.29, 0.717) is 6.54 Å². The Bertz CT molecular complexity index is 686. The highest BCUT2D eigenvalue weighted by Gasteiger charge is 2.06. The van der Waals surface area contributed by atoms with Crippen molar-refractivity contribution in [1.82, 2.24) is 19.8 Å². The molecule has 2 heterocycles. The number of aromatic nitrogens is 4. The number of benzene rings is 1. The van der Waals surface area contributed by atoms with Crippen LogP contribution in [-0.2, 0) is 13.0 Å². The summed E-state index contributed by atoms with van der Waals surface area (Å²) in [5, 5.41) is 12.9. The van der Waals surface area contributed by atoms with Crippen molar-refractivity contribution in [2.24, 2.45) is 5.73 Å². The molecule has 86 valence electrons. The van der Waals surface area contributed by atoms with Crippen LogP contribution in [0.1, 0.15) is 18.2 Å². The van der Waals surface area contributed by atoms with Crippen molar-refractivity contribution in [1.29, 1.82) is 0 Å². The monoisotopic (exact) mass is 227 g/mol. The maximum atomic E-state index is 5.61. The third-order valence-electron chi connectivity index (χ3n) is 2.87. The Morgan fingerprint density at radius 2 is 2.12 bits per heavy atom. The number of hydrogen-bond acceptors (Lipinski definition) is 4. The van der Waals surface area contributed by atoms with Crippen molar-refractivity contribution < 1.29 is 0 Å². The summed E-state index contributed by atoms with van der Waals surface area (Å²) in [5.41, 5.74) is 10.3. The third-order valence-corrected chi connectivity index (χ3v) is 2.87. The predicted octanol–water partition coefficient (Wildman–Crippen LogP) is 1.30. The highest BCUT2D eigenvalue weighted by Crippen LogP contribution is 2.15. The minimum atomic E-state index is 0.509. The first-order valence-electron chi connectivity index (χ1n) is 5.66. The zero-order valence-electron chi connectivity index (χ0n) is 9.59. The molecule has 2 N–H and O–H groups in total. The Kier molecular flexibility index (Phi) is 2.26. The van der Waals surface area contributed by atoms with E-state index in [2.05, 4.69) is 22.2 Å². The molecule has 2 aromatic heterocycles. The van der Waals surface area contributed by atoms with E-state index in [1.54, 1.807) is 0 Å². The van der Waals surface area contributed by atoms with E-state index in [-0.39, 0.29) is 0 Å². The summed E-state index contributed by atoms with van der Waals surface area (Å²) in [7, 11) is 0. The van der Waals surface area contributed by atoms with E-state index in [4.69, 9.17) is 5.73 Å². The van der Waals surface area contributed by atoms with Crippen molar-refractivity contribution >= 4 is 16.7 Å². The van der Waals surface area contributed by atoms with E-state index in [1.165, 1.54) is 0 Å². The van der Waals surface area contributed by atoms with Gasteiger partial charge in [0.25, 0.3) is 0 Å². The summed E-state index contributed by atoms with van der Waals surface area (Å²) >= 11 is 0. The van der Waals surface area contributed by atoms with E-state index in [1.807, 2.05) is 28.8 Å². The van der Waals surface area contributed by atoms with E-state index in [0.717, 1.165) is 34.4 Å². The summed E-state index contributed by atoms with van der Waals surface area (Å²) in [4.78, 5) is 0. The summed E-state index contributed by atoms with van der Waals surface area (Å²) in [5.74, 6) is 0. The topological polar surface area (TPSA) is 69.1 Å². The van der Waals surface area contributed by atoms with Crippen molar-refractivity contribution in [2.75, 3.05) is 0 Å². The fraction of sp³-hybridized carbons (Fsp3) is 0.250. The molecular formula is C12H13N5. The van der Waals surface area contributed by atoms with Crippen LogP contribution < -0.4 is 5.73 Å². The molecule has 0 spiro atoms. The summed E-state index contributed by atoms with van der Waals surface area (Å²) < 4.78 is 1.83. The van der Waals surface area contributed by atoms with Crippen LogP contribution in [0.25, 0.3) is 16.7 Å². The fourth-order valence-electron chi connectivity index (χ4n) is 1.90. The number of fused-ring (bicyclic) bond motifs is 3. The van der Waals surface area contributed by atoms with Gasteiger partial charge < -0.3 is 5.73 Å². The second kappa shape index (κ2) is 3.78. The zero-order chi connectivity index (χ0) is 11.8. The van der Waals surface area contributed by atoms with Gasteiger partial charge in [0.2, 0.25) is 0 Å². The Hall–Kier alpha value is -2.01. The molecule has 5 heteroatoms. The molecule has 0 atom stereocenters. The number of nitrogens with zero attached hydrogens (tertiary/aromatic N) is 4. The van der Waals surface area contributed by atoms with Gasteiger partial charge in [-0.25, -0.2) is 4.52 Å². The van der Waals surface area contributed by atoms with E-state index in [9.17, 15) is 0 Å². The molecular weight excluding hydrogens is 214 g/mol. The third kappa shape index (κ3) is 1.55. The molecule has 0 saturated carbocycles. The molecule has 0 saturated heterocycles. The molecule has 0 unspecified atom stereocenters. The quantitative estimate of drug-likeness (QED) is 0.716. The molecule has 0 fully saturated rings. The summed E-state index contributed by atoms with van der Waals surface area (Å²) in [6, 6.07) is 7.90. The van der Waals surface area contributed by atoms with Gasteiger partial charge in [-0.15, -0.1) is 10.2 Å². The van der Waals surface area contributed by atoms with Crippen molar-refractivity contribution in [3.8, 4) is 0 Å². The lowest BCUT2D eigenvalue weighted by atomic mass is 10.2. The highest BCUT2D eigenvalue weighted by molar-refractivity contribution is 5.77. The summed E-state index contributed by atoms with van der Waals surface area (Å²) in [6.45, 7) is 2.58. The molecule has 0 amide bonds. The van der Waals surface area contributed by atoms with E-state index >= 15 is 0 Å². The van der Waals surface area contributed by atoms with Gasteiger partial charge in [-0.05, 0) is 24.1 Å². The molecule has 1 aromatic carbocycles. The van der Waals surface area contributed by atoms with Gasteiger partial charge in [0, 0.05) is 12.6 Å². The van der Waals surface area contributed by atoms with Crippen LogP contribution in [0.15, 0.2) is 24.3 Å². The molecule has 3 aromatic rings. The zero-order valence-corrected chi connectivity index (χ0v) is 9.59. The molecule has 0 radical (unpaired) electrons. The molecule has 17 heavy (non-hydrogen) atoms. The molecule has 0 aliphatic heterocycles. The van der Waals surface area contributed by atoms with Gasteiger partial charge in [0.15, 0.2) is 5.65 Å². The Morgan fingerprint density at radius 3 is 2.88 bits per heavy atom. The van der Waals surface area contributed by atoms with Crippen LogP contribution in [0.5, 0.6) is 0 Å². The van der Waals surface area contributed by atoms with Crippen LogP contribution in [0.4, 0.5) is 0 Å². The average molecular weight is 227 g/mol. The van der Waals surface area contributed by atoms with Crippen LogP contribution >= 0.6 is 0 Å². The fourth-order valence-corrected chi connectivity index (χ4v) is 1.90. The first-order valence-corrected chi connectivity index (χ1v) is 5.66. The largest absolute Gasteiger partial charge is 0.326 e. The van der Waals surface area contributed by atoms with Gasteiger partial charge in [-0.3, -0.25) is 0 Å². The smallest absolute Gasteiger partial charge is 0.178 e. The normalized spacial score (nSPS) is 11.4. The first-order chi connectivity index (χ1) is 8.31. The van der Waals surface area contributed by atoms with Gasteiger partial charge in [0.1, 0.15) is 5.52 Å². The lowest BCUT2D eigenvalue weighted by molar-refractivity contribution is 0.897. The molecule has 0 bridgehead atoms. The van der Waals surface area contributed by atoms with Gasteiger partial charge >= 0.3 is 0 Å². The van der Waals surface area contributed by atoms with Crippen LogP contribution in [0.3, 0.4) is 0 Å². The maximum Gasteiger partial charge on any atom is 0.178 e. The second-order valence-electron chi connectivity index (χ2n) is 3.99. The molecule has 5 nitrogen and oxygen atoms in total. The van der Waals surface area contributed by atoms with Crippen LogP contribution in [0.2, 0.25) is 0 Å². The predicted molar refractivity (Wildman–Crippen MR) is 65.6 cm³/mol. The lowest BCUT2D eigenvalue weighted by Gasteiger charge is -2.01. The lowest BCUT2D eigenvalue weighted by Crippen LogP contribution is -2.00. The minimum absolute atomic E-state index is 0.509. The van der Waals surface area contributed by atoms with Crippen LogP contribution in [0, 0.1) is 0 Å². The Labute approximate surface area is 98.3 Å². The molecule has 0 aliphatic carbocycles. The number of hydrogen-bond donors (Lipinski definition) is 1. The standard InChI is InChI=1S/C12H13N5/c1-2-9-6-12-15-14-10-5-8(7-13)3-4-11(10)17(12)16-9/h3-6H,2,7,13H2,1H3. The average Bonchev–Trinajstić information content (AvgIpc) is 2.81. The van der Waals surface area contributed by atoms with Gasteiger partial charge in [0.05, 0.1) is 11.2 Å². The second-order valence-corrected chi connectivity index (χ2v) is 3.99. The highest BCUT2D eigenvalue weighted by atomic mass is 15.3. The Balaban J connectivity index is 2.35. The number of rotatable bonds is 2. The van der Waals surface area contributed by atoms with Gasteiger partial charge in [-0.2, -0.15) is 5.10 Å². The van der Waals surface area contributed by atoms with Crippen molar-refractivity contribution in [3.05, 3.63) is 35.5 Å². The maximum absolute atomic E-state index is 5.61. The van der Waals surface area contributed by atoms with E-state index < -0.39 is 0 Å². The summed E-state index contributed by atoms with van der Waals surface area (Å²) in [6.07, 6.45) is 0.895. The van der Waals surface area contributed by atoms with Crippen LogP contribution in [-0.4, -0.2) is 19.8 Å². The number of aryl methyl sites for hydroxylation is 1. The minimum Gasteiger partial charge on any atom is -0.326 e. The Morgan fingerprint density at radius 1 is 1.24 bits per heavy atom. The van der Waals surface area contributed by atoms with Crippen molar-refractivity contribution in [3.63, 3.8) is 0 Å². The molecule has 0 aliphatic rings. The molecule has 3 rings (SSSR count). The first kappa shape index (κ1) is 10.2. The van der Waals surface area contributed by atoms with Gasteiger partial charge in [-0.1, -0.05) is 13.0 Å². The van der Waals surface area contributed by atoms with Crippen molar-refractivity contribution in [2.45, 2.75) is 19.9 Å². The SMILES string of the molecule is CCc1cc2nnc3cc(CN)ccc3n2n1. The number of nitrogens with two attached hydrogens (primary N) is 1.